The van der Waals surface area contributed by atoms with Crippen molar-refractivity contribution in [2.24, 2.45) is 0 Å². The fraction of sp³-hybridized carbons (Fsp3) is 0.200. The summed E-state index contributed by atoms with van der Waals surface area (Å²) in [4.78, 5) is 0. The molecule has 1 aliphatic heterocycles. The lowest BCUT2D eigenvalue weighted by molar-refractivity contribution is 0.173. The minimum atomic E-state index is 0.337. The highest BCUT2D eigenvalue weighted by atomic mass is 16.7. The van der Waals surface area contributed by atoms with Crippen molar-refractivity contribution in [3.63, 3.8) is 0 Å². The lowest BCUT2D eigenvalue weighted by atomic mass is 10.1. The Morgan fingerprint density at radius 2 is 2.33 bits per heavy atom. The topological polar surface area (TPSA) is 18.5 Å². The number of benzene rings is 1. The van der Waals surface area contributed by atoms with E-state index in [0.29, 0.717) is 6.79 Å². The zero-order chi connectivity index (χ0) is 8.39. The van der Waals surface area contributed by atoms with Crippen molar-refractivity contribution in [1.29, 1.82) is 0 Å². The number of allylic oxidation sites excluding steroid dienone is 1. The van der Waals surface area contributed by atoms with Crippen molar-refractivity contribution < 1.29 is 9.47 Å². The maximum Gasteiger partial charge on any atom is 0.231 e. The molecule has 0 atom stereocenters. The van der Waals surface area contributed by atoms with Gasteiger partial charge in [-0.3, -0.25) is 0 Å². The van der Waals surface area contributed by atoms with Gasteiger partial charge in [0, 0.05) is 5.56 Å². The Morgan fingerprint density at radius 1 is 1.42 bits per heavy atom. The molecule has 1 aromatic carbocycles. The predicted octanol–water partition coefficient (Wildman–Crippen LogP) is 2.14. The standard InChI is InChI=1S/C10H10O2/c1-2-4-8-5-3-6-9-10(8)12-7-11-9/h2-3,5-6H,1,4,7H2. The van der Waals surface area contributed by atoms with E-state index < -0.39 is 0 Å². The molecular weight excluding hydrogens is 152 g/mol. The smallest absolute Gasteiger partial charge is 0.231 e. The molecule has 1 aliphatic rings. The van der Waals surface area contributed by atoms with Gasteiger partial charge in [0.15, 0.2) is 11.5 Å². The highest BCUT2D eigenvalue weighted by molar-refractivity contribution is 5.48. The summed E-state index contributed by atoms with van der Waals surface area (Å²) in [6.07, 6.45) is 2.68. The summed E-state index contributed by atoms with van der Waals surface area (Å²) in [6.45, 7) is 4.02. The van der Waals surface area contributed by atoms with Crippen LogP contribution >= 0.6 is 0 Å². The van der Waals surface area contributed by atoms with Crippen molar-refractivity contribution in [2.45, 2.75) is 6.42 Å². The fourth-order valence-corrected chi connectivity index (χ4v) is 1.31. The lowest BCUT2D eigenvalue weighted by Crippen LogP contribution is -1.94. The van der Waals surface area contributed by atoms with Crippen molar-refractivity contribution in [2.75, 3.05) is 6.79 Å². The molecule has 0 saturated heterocycles. The molecule has 62 valence electrons. The molecule has 0 radical (unpaired) electrons. The molecule has 0 fully saturated rings. The third-order valence-electron chi connectivity index (χ3n) is 1.84. The molecule has 0 saturated carbocycles. The summed E-state index contributed by atoms with van der Waals surface area (Å²) in [5.41, 5.74) is 1.14. The number of para-hydroxylation sites is 1. The Kier molecular flexibility index (Phi) is 1.74. The summed E-state index contributed by atoms with van der Waals surface area (Å²) < 4.78 is 10.5. The second-order valence-electron chi connectivity index (χ2n) is 2.64. The Balaban J connectivity index is 2.42. The zero-order valence-corrected chi connectivity index (χ0v) is 6.75. The molecule has 2 nitrogen and oxygen atoms in total. The van der Waals surface area contributed by atoms with Crippen LogP contribution in [0.2, 0.25) is 0 Å². The van der Waals surface area contributed by atoms with Crippen LogP contribution in [0, 0.1) is 0 Å². The first-order valence-corrected chi connectivity index (χ1v) is 3.90. The quantitative estimate of drug-likeness (QED) is 0.620. The minimum Gasteiger partial charge on any atom is -0.454 e. The highest BCUT2D eigenvalue weighted by Gasteiger charge is 2.15. The van der Waals surface area contributed by atoms with Crippen LogP contribution in [0.15, 0.2) is 30.9 Å². The molecule has 2 heteroatoms. The third-order valence-corrected chi connectivity index (χ3v) is 1.84. The summed E-state index contributed by atoms with van der Waals surface area (Å²) in [6, 6.07) is 5.90. The molecule has 1 aromatic rings. The van der Waals surface area contributed by atoms with Crippen LogP contribution in [0.25, 0.3) is 0 Å². The summed E-state index contributed by atoms with van der Waals surface area (Å²) in [7, 11) is 0. The highest BCUT2D eigenvalue weighted by Crippen LogP contribution is 2.35. The average molecular weight is 162 g/mol. The fourth-order valence-electron chi connectivity index (χ4n) is 1.31. The number of hydrogen-bond donors (Lipinski definition) is 0. The third kappa shape index (κ3) is 1.05. The predicted molar refractivity (Wildman–Crippen MR) is 46.5 cm³/mol. The number of rotatable bonds is 2. The van der Waals surface area contributed by atoms with E-state index in [1.165, 1.54) is 0 Å². The van der Waals surface area contributed by atoms with Gasteiger partial charge in [-0.25, -0.2) is 0 Å². The van der Waals surface area contributed by atoms with E-state index in [4.69, 9.17) is 9.47 Å². The second kappa shape index (κ2) is 2.89. The zero-order valence-electron chi connectivity index (χ0n) is 6.75. The van der Waals surface area contributed by atoms with Crippen LogP contribution < -0.4 is 9.47 Å². The monoisotopic (exact) mass is 162 g/mol. The SMILES string of the molecule is C=CCc1cccc2c1OCO2. The van der Waals surface area contributed by atoms with Gasteiger partial charge in [-0.2, -0.15) is 0 Å². The number of fused-ring (bicyclic) bond motifs is 1. The van der Waals surface area contributed by atoms with E-state index in [-0.39, 0.29) is 0 Å². The second-order valence-corrected chi connectivity index (χ2v) is 2.64. The molecule has 0 aliphatic carbocycles. The summed E-state index contributed by atoms with van der Waals surface area (Å²) >= 11 is 0. The van der Waals surface area contributed by atoms with Crippen molar-refractivity contribution in [3.05, 3.63) is 36.4 Å². The average Bonchev–Trinajstić information content (AvgIpc) is 2.53. The van der Waals surface area contributed by atoms with Crippen LogP contribution in [0.5, 0.6) is 11.5 Å². The van der Waals surface area contributed by atoms with E-state index in [0.717, 1.165) is 23.5 Å². The van der Waals surface area contributed by atoms with E-state index >= 15 is 0 Å². The first-order chi connectivity index (χ1) is 5.92. The van der Waals surface area contributed by atoms with Crippen LogP contribution in [-0.4, -0.2) is 6.79 Å². The van der Waals surface area contributed by atoms with Crippen molar-refractivity contribution in [1.82, 2.24) is 0 Å². The molecule has 0 aromatic heterocycles. The van der Waals surface area contributed by atoms with Crippen molar-refractivity contribution in [3.8, 4) is 11.5 Å². The maximum atomic E-state index is 5.31. The summed E-state index contributed by atoms with van der Waals surface area (Å²) in [5, 5.41) is 0. The molecule has 2 rings (SSSR count). The van der Waals surface area contributed by atoms with Crippen LogP contribution in [-0.2, 0) is 6.42 Å². The van der Waals surface area contributed by atoms with Gasteiger partial charge < -0.3 is 9.47 Å². The molecule has 1 heterocycles. The summed E-state index contributed by atoms with van der Waals surface area (Å²) in [5.74, 6) is 1.71. The first-order valence-electron chi connectivity index (χ1n) is 3.90. The van der Waals surface area contributed by atoms with Gasteiger partial charge in [0.1, 0.15) is 0 Å². The van der Waals surface area contributed by atoms with Gasteiger partial charge >= 0.3 is 0 Å². The molecular formula is C10H10O2. The van der Waals surface area contributed by atoms with E-state index in [2.05, 4.69) is 6.58 Å². The number of ether oxygens (including phenoxy) is 2. The Labute approximate surface area is 71.4 Å². The Morgan fingerprint density at radius 3 is 3.17 bits per heavy atom. The maximum absolute atomic E-state index is 5.31. The minimum absolute atomic E-state index is 0.337. The van der Waals surface area contributed by atoms with Crippen LogP contribution in [0.1, 0.15) is 5.56 Å². The normalized spacial score (nSPS) is 13.0. The van der Waals surface area contributed by atoms with Crippen molar-refractivity contribution >= 4 is 0 Å². The van der Waals surface area contributed by atoms with Gasteiger partial charge in [0.25, 0.3) is 0 Å². The van der Waals surface area contributed by atoms with Gasteiger partial charge in [-0.05, 0) is 12.5 Å². The molecule has 0 amide bonds. The van der Waals surface area contributed by atoms with Gasteiger partial charge in [-0.1, -0.05) is 18.2 Å². The molecule has 0 spiro atoms. The van der Waals surface area contributed by atoms with E-state index in [9.17, 15) is 0 Å². The van der Waals surface area contributed by atoms with E-state index in [1.807, 2.05) is 24.3 Å². The lowest BCUT2D eigenvalue weighted by Gasteiger charge is -2.01. The van der Waals surface area contributed by atoms with Crippen LogP contribution in [0.3, 0.4) is 0 Å². The molecule has 0 bridgehead atoms. The van der Waals surface area contributed by atoms with E-state index in [1.54, 1.807) is 0 Å². The largest absolute Gasteiger partial charge is 0.454 e. The van der Waals surface area contributed by atoms with Gasteiger partial charge in [-0.15, -0.1) is 6.58 Å². The molecule has 12 heavy (non-hydrogen) atoms. The Hall–Kier alpha value is -1.44. The van der Waals surface area contributed by atoms with Gasteiger partial charge in [0.2, 0.25) is 6.79 Å². The Bertz CT molecular complexity index is 305. The molecule has 0 unspecified atom stereocenters. The number of hydrogen-bond acceptors (Lipinski definition) is 2. The van der Waals surface area contributed by atoms with Crippen LogP contribution in [0.4, 0.5) is 0 Å². The first kappa shape index (κ1) is 7.22. The molecule has 0 N–H and O–H groups in total. The van der Waals surface area contributed by atoms with Gasteiger partial charge in [0.05, 0.1) is 0 Å².